The molecule has 2 amide bonds. The van der Waals surface area contributed by atoms with E-state index in [1.165, 1.54) is 4.90 Å². The first-order chi connectivity index (χ1) is 15.9. The number of hydrogen-bond acceptors (Lipinski definition) is 5. The number of morpholine rings is 1. The molecule has 8 nitrogen and oxygen atoms in total. The molecule has 2 aliphatic rings. The van der Waals surface area contributed by atoms with Crippen molar-refractivity contribution in [2.75, 3.05) is 19.8 Å². The van der Waals surface area contributed by atoms with Crippen molar-refractivity contribution < 1.29 is 29.0 Å². The van der Waals surface area contributed by atoms with Gasteiger partial charge in [-0.15, -0.1) is 0 Å². The molecule has 1 aliphatic heterocycles. The third-order valence-electron chi connectivity index (χ3n) is 6.37. The normalized spacial score (nSPS) is 20.5. The Balaban J connectivity index is 1.42. The van der Waals surface area contributed by atoms with Gasteiger partial charge < -0.3 is 24.8 Å². The Labute approximate surface area is 192 Å². The summed E-state index contributed by atoms with van der Waals surface area (Å²) in [5.41, 5.74) is 4.46. The lowest BCUT2D eigenvalue weighted by atomic mass is 9.98. The van der Waals surface area contributed by atoms with Gasteiger partial charge in [0, 0.05) is 12.5 Å². The van der Waals surface area contributed by atoms with Crippen molar-refractivity contribution >= 4 is 18.0 Å². The zero-order valence-corrected chi connectivity index (χ0v) is 18.7. The predicted molar refractivity (Wildman–Crippen MR) is 121 cm³/mol. The number of hydrogen-bond donors (Lipinski definition) is 2. The number of nitrogens with zero attached hydrogens (tertiary/aromatic N) is 1. The predicted octanol–water partition coefficient (Wildman–Crippen LogP) is 3.00. The molecule has 1 heterocycles. The average Bonchev–Trinajstić information content (AvgIpc) is 3.14. The van der Waals surface area contributed by atoms with E-state index in [2.05, 4.69) is 17.4 Å². The lowest BCUT2D eigenvalue weighted by molar-refractivity contribution is -0.165. The van der Waals surface area contributed by atoms with Crippen molar-refractivity contribution in [3.05, 3.63) is 59.7 Å². The molecule has 2 aromatic carbocycles. The summed E-state index contributed by atoms with van der Waals surface area (Å²) in [7, 11) is 0. The molecule has 33 heavy (non-hydrogen) atoms. The second-order valence-corrected chi connectivity index (χ2v) is 8.32. The molecule has 0 aromatic heterocycles. The number of fused-ring (bicyclic) bond motifs is 3. The molecule has 4 rings (SSSR count). The molecule has 0 spiro atoms. The first-order valence-electron chi connectivity index (χ1n) is 11.2. The molecule has 3 unspecified atom stereocenters. The molecule has 1 aliphatic carbocycles. The van der Waals surface area contributed by atoms with Crippen LogP contribution in [0.15, 0.2) is 48.5 Å². The van der Waals surface area contributed by atoms with E-state index in [1.807, 2.05) is 36.4 Å². The number of carbonyl (C=O) groups excluding carboxylic acids is 2. The van der Waals surface area contributed by atoms with Crippen molar-refractivity contribution in [2.24, 2.45) is 0 Å². The van der Waals surface area contributed by atoms with Gasteiger partial charge in [-0.05, 0) is 35.6 Å². The number of aliphatic carboxylic acids is 1. The van der Waals surface area contributed by atoms with Crippen LogP contribution in [0, 0.1) is 0 Å². The van der Waals surface area contributed by atoms with Gasteiger partial charge in [0.1, 0.15) is 12.6 Å². The van der Waals surface area contributed by atoms with Crippen LogP contribution in [0.4, 0.5) is 4.79 Å². The van der Waals surface area contributed by atoms with Crippen LogP contribution >= 0.6 is 0 Å². The van der Waals surface area contributed by atoms with E-state index in [0.29, 0.717) is 6.42 Å². The van der Waals surface area contributed by atoms with E-state index < -0.39 is 36.2 Å². The minimum atomic E-state index is -1.13. The van der Waals surface area contributed by atoms with Crippen molar-refractivity contribution in [3.8, 4) is 11.1 Å². The molecule has 3 atom stereocenters. The minimum absolute atomic E-state index is 0.0876. The highest BCUT2D eigenvalue weighted by atomic mass is 16.5. The summed E-state index contributed by atoms with van der Waals surface area (Å²) < 4.78 is 10.9. The standard InChI is InChI=1S/C25H28N2O6/c1-3-21(23(28)27-12-13-32-15(2)22(27)24(29)30)26-25(31)33-14-20-18-10-6-4-8-16(18)17-9-5-7-11-19(17)20/h4-11,15,20-22H,3,12-14H2,1-2H3,(H,26,31)(H,29,30). The number of benzene rings is 2. The Hall–Kier alpha value is -3.39. The van der Waals surface area contributed by atoms with E-state index in [-0.39, 0.29) is 25.7 Å². The molecular formula is C25H28N2O6. The highest BCUT2D eigenvalue weighted by Gasteiger charge is 2.40. The van der Waals surface area contributed by atoms with Gasteiger partial charge in [0.05, 0.1) is 12.7 Å². The van der Waals surface area contributed by atoms with E-state index in [4.69, 9.17) is 9.47 Å². The van der Waals surface area contributed by atoms with Crippen LogP contribution in [0.1, 0.15) is 37.3 Å². The highest BCUT2D eigenvalue weighted by molar-refractivity contribution is 5.89. The number of ether oxygens (including phenoxy) is 2. The first-order valence-corrected chi connectivity index (χ1v) is 11.2. The van der Waals surface area contributed by atoms with Gasteiger partial charge in [-0.2, -0.15) is 0 Å². The van der Waals surface area contributed by atoms with E-state index in [1.54, 1.807) is 13.8 Å². The molecule has 174 valence electrons. The van der Waals surface area contributed by atoms with Crippen LogP contribution < -0.4 is 5.32 Å². The van der Waals surface area contributed by atoms with E-state index in [0.717, 1.165) is 22.3 Å². The second kappa shape index (κ2) is 9.62. The molecule has 2 N–H and O–H groups in total. The zero-order chi connectivity index (χ0) is 23.5. The summed E-state index contributed by atoms with van der Waals surface area (Å²) in [4.78, 5) is 38.6. The average molecular weight is 453 g/mol. The van der Waals surface area contributed by atoms with Crippen LogP contribution in [0.2, 0.25) is 0 Å². The summed E-state index contributed by atoms with van der Waals surface area (Å²) in [5, 5.41) is 12.2. The number of amides is 2. The number of carboxylic acid groups (broad SMARTS) is 1. The lowest BCUT2D eigenvalue weighted by Crippen LogP contribution is -2.60. The number of carboxylic acids is 1. The Bertz CT molecular complexity index is 1010. The molecule has 8 heteroatoms. The fraction of sp³-hybridized carbons (Fsp3) is 0.400. The smallest absolute Gasteiger partial charge is 0.407 e. The Morgan fingerprint density at radius 2 is 1.73 bits per heavy atom. The van der Waals surface area contributed by atoms with E-state index in [9.17, 15) is 19.5 Å². The van der Waals surface area contributed by atoms with Crippen molar-refractivity contribution in [2.45, 2.75) is 44.4 Å². The highest BCUT2D eigenvalue weighted by Crippen LogP contribution is 2.44. The second-order valence-electron chi connectivity index (χ2n) is 8.32. The van der Waals surface area contributed by atoms with Crippen LogP contribution in [-0.4, -0.2) is 65.9 Å². The topological polar surface area (TPSA) is 105 Å². The van der Waals surface area contributed by atoms with Crippen LogP contribution in [0.3, 0.4) is 0 Å². The maximum Gasteiger partial charge on any atom is 0.407 e. The number of carbonyl (C=O) groups is 3. The minimum Gasteiger partial charge on any atom is -0.480 e. The summed E-state index contributed by atoms with van der Waals surface area (Å²) in [6.07, 6.45) is -1.03. The summed E-state index contributed by atoms with van der Waals surface area (Å²) in [6, 6.07) is 14.1. The summed E-state index contributed by atoms with van der Waals surface area (Å²) in [6.45, 7) is 3.92. The van der Waals surface area contributed by atoms with Crippen LogP contribution in [0.5, 0.6) is 0 Å². The monoisotopic (exact) mass is 452 g/mol. The molecule has 1 fully saturated rings. The van der Waals surface area contributed by atoms with Gasteiger partial charge in [-0.25, -0.2) is 9.59 Å². The van der Waals surface area contributed by atoms with Gasteiger partial charge in [0.25, 0.3) is 0 Å². The van der Waals surface area contributed by atoms with E-state index >= 15 is 0 Å². The quantitative estimate of drug-likeness (QED) is 0.698. The fourth-order valence-electron chi connectivity index (χ4n) is 4.72. The third kappa shape index (κ3) is 4.43. The molecule has 1 saturated heterocycles. The van der Waals surface area contributed by atoms with Gasteiger partial charge in [0.2, 0.25) is 5.91 Å². The summed E-state index contributed by atoms with van der Waals surface area (Å²) >= 11 is 0. The Morgan fingerprint density at radius 3 is 2.30 bits per heavy atom. The third-order valence-corrected chi connectivity index (χ3v) is 6.37. The number of alkyl carbamates (subject to hydrolysis) is 1. The van der Waals surface area contributed by atoms with Crippen molar-refractivity contribution in [1.29, 1.82) is 0 Å². The molecule has 0 radical (unpaired) electrons. The van der Waals surface area contributed by atoms with Crippen LogP contribution in [0.25, 0.3) is 11.1 Å². The lowest BCUT2D eigenvalue weighted by Gasteiger charge is -2.38. The zero-order valence-electron chi connectivity index (χ0n) is 18.7. The number of rotatable bonds is 6. The number of nitrogens with one attached hydrogen (secondary N) is 1. The fourth-order valence-corrected chi connectivity index (χ4v) is 4.72. The maximum atomic E-state index is 13.0. The maximum absolute atomic E-state index is 13.0. The molecule has 2 aromatic rings. The van der Waals surface area contributed by atoms with Gasteiger partial charge >= 0.3 is 12.1 Å². The molecular weight excluding hydrogens is 424 g/mol. The van der Waals surface area contributed by atoms with Gasteiger partial charge in [-0.1, -0.05) is 55.5 Å². The van der Waals surface area contributed by atoms with Crippen molar-refractivity contribution in [3.63, 3.8) is 0 Å². The first kappa shape index (κ1) is 22.8. The molecule has 0 saturated carbocycles. The largest absolute Gasteiger partial charge is 0.480 e. The summed E-state index contributed by atoms with van der Waals surface area (Å²) in [5.74, 6) is -1.67. The van der Waals surface area contributed by atoms with Crippen LogP contribution in [-0.2, 0) is 19.1 Å². The van der Waals surface area contributed by atoms with Crippen molar-refractivity contribution in [1.82, 2.24) is 10.2 Å². The Morgan fingerprint density at radius 1 is 1.12 bits per heavy atom. The molecule has 0 bridgehead atoms. The Kier molecular flexibility index (Phi) is 6.65. The van der Waals surface area contributed by atoms with Gasteiger partial charge in [0.15, 0.2) is 6.04 Å². The SMILES string of the molecule is CCC(NC(=O)OCC1c2ccccc2-c2ccccc21)C(=O)N1CCOC(C)C1C(=O)O. The van der Waals surface area contributed by atoms with Gasteiger partial charge in [-0.3, -0.25) is 4.79 Å².